The highest BCUT2D eigenvalue weighted by molar-refractivity contribution is 7.93. The first-order valence-electron chi connectivity index (χ1n) is 2.69. The smallest absolute Gasteiger partial charge is 0.180 e. The van der Waals surface area contributed by atoms with E-state index in [9.17, 15) is 8.42 Å². The molecule has 52 valence electrons. The molecular weight excluding hydrogens is 138 g/mol. The third kappa shape index (κ3) is 0.871. The first kappa shape index (κ1) is 6.74. The lowest BCUT2D eigenvalue weighted by Crippen LogP contribution is -2.29. The summed E-state index contributed by atoms with van der Waals surface area (Å²) >= 11 is 0. The second-order valence-corrected chi connectivity index (χ2v) is 5.20. The van der Waals surface area contributed by atoms with Gasteiger partial charge in [-0.3, -0.25) is 4.99 Å². The van der Waals surface area contributed by atoms with Gasteiger partial charge in [-0.2, -0.15) is 0 Å². The van der Waals surface area contributed by atoms with Gasteiger partial charge in [-0.1, -0.05) is 0 Å². The molecule has 0 atom stereocenters. The second-order valence-electron chi connectivity index (χ2n) is 2.66. The van der Waals surface area contributed by atoms with Crippen molar-refractivity contribution in [1.29, 1.82) is 0 Å². The minimum absolute atomic E-state index is 0.0417. The summed E-state index contributed by atoms with van der Waals surface area (Å²) in [6.07, 6.45) is 1.49. The van der Waals surface area contributed by atoms with Gasteiger partial charge in [-0.15, -0.1) is 0 Å². The first-order chi connectivity index (χ1) is 3.96. The van der Waals surface area contributed by atoms with E-state index >= 15 is 0 Å². The van der Waals surface area contributed by atoms with Crippen molar-refractivity contribution in [3.8, 4) is 0 Å². The van der Waals surface area contributed by atoms with Gasteiger partial charge < -0.3 is 0 Å². The molecule has 0 aliphatic carbocycles. The van der Waals surface area contributed by atoms with E-state index in [1.807, 2.05) is 0 Å². The van der Waals surface area contributed by atoms with Crippen molar-refractivity contribution in [3.05, 3.63) is 0 Å². The fraction of sp³-hybridized carbons (Fsp3) is 0.800. The molecule has 3 nitrogen and oxygen atoms in total. The van der Waals surface area contributed by atoms with Crippen LogP contribution in [0, 0.1) is 0 Å². The van der Waals surface area contributed by atoms with Gasteiger partial charge in [0.15, 0.2) is 9.84 Å². The van der Waals surface area contributed by atoms with Crippen molar-refractivity contribution < 1.29 is 8.42 Å². The lowest BCUT2D eigenvalue weighted by molar-refractivity contribution is 0.583. The van der Waals surface area contributed by atoms with Crippen molar-refractivity contribution in [2.75, 3.05) is 5.88 Å². The summed E-state index contributed by atoms with van der Waals surface area (Å²) < 4.78 is 21.2. The van der Waals surface area contributed by atoms with E-state index in [1.54, 1.807) is 13.8 Å². The van der Waals surface area contributed by atoms with Crippen LogP contribution in [0.25, 0.3) is 0 Å². The Bertz CT molecular complexity index is 238. The molecule has 0 bridgehead atoms. The van der Waals surface area contributed by atoms with E-state index in [-0.39, 0.29) is 5.88 Å². The van der Waals surface area contributed by atoms with Crippen LogP contribution in [-0.4, -0.2) is 25.3 Å². The van der Waals surface area contributed by atoms with Crippen LogP contribution in [0.1, 0.15) is 13.8 Å². The number of nitrogens with zero attached hydrogens (tertiary/aromatic N) is 1. The number of sulfone groups is 1. The molecule has 0 aromatic heterocycles. The topological polar surface area (TPSA) is 46.5 Å². The molecule has 1 aliphatic heterocycles. The number of rotatable bonds is 0. The summed E-state index contributed by atoms with van der Waals surface area (Å²) in [4.78, 5) is 3.68. The maximum atomic E-state index is 11.0. The zero-order chi connectivity index (χ0) is 7.12. The zero-order valence-corrected chi connectivity index (χ0v) is 6.27. The highest BCUT2D eigenvalue weighted by Gasteiger charge is 2.35. The number of hydrogen-bond donors (Lipinski definition) is 0. The van der Waals surface area contributed by atoms with Crippen LogP contribution in [-0.2, 0) is 9.84 Å². The van der Waals surface area contributed by atoms with Crippen LogP contribution in [0.15, 0.2) is 4.99 Å². The van der Waals surface area contributed by atoms with Crippen molar-refractivity contribution in [1.82, 2.24) is 0 Å². The Morgan fingerprint density at radius 1 is 1.56 bits per heavy atom. The molecule has 0 unspecified atom stereocenters. The average Bonchev–Trinajstić information content (AvgIpc) is 1.81. The van der Waals surface area contributed by atoms with E-state index < -0.39 is 14.6 Å². The number of hydrogen-bond acceptors (Lipinski definition) is 3. The molecule has 0 spiro atoms. The minimum atomic E-state index is -2.95. The molecule has 0 aromatic rings. The predicted molar refractivity (Wildman–Crippen MR) is 36.4 cm³/mol. The Hall–Kier alpha value is -0.380. The summed E-state index contributed by atoms with van der Waals surface area (Å²) in [7, 11) is -2.95. The molecule has 0 saturated heterocycles. The largest absolute Gasteiger partial charge is 0.280 e. The lowest BCUT2D eigenvalue weighted by Gasteiger charge is -2.10. The molecule has 4 heteroatoms. The SMILES string of the molecule is CC1(C)C=NCS1(=O)=O. The summed E-state index contributed by atoms with van der Waals surface area (Å²) in [6.45, 7) is 3.30. The van der Waals surface area contributed by atoms with Gasteiger partial charge in [-0.25, -0.2) is 8.42 Å². The summed E-state index contributed by atoms with van der Waals surface area (Å²) in [5.74, 6) is -0.0417. The van der Waals surface area contributed by atoms with Crippen molar-refractivity contribution in [2.24, 2.45) is 4.99 Å². The predicted octanol–water partition coefficient (Wildman–Crippen LogP) is 0.222. The van der Waals surface area contributed by atoms with Crippen LogP contribution in [0.3, 0.4) is 0 Å². The first-order valence-corrected chi connectivity index (χ1v) is 4.34. The molecular formula is C5H9NO2S. The van der Waals surface area contributed by atoms with E-state index in [0.717, 1.165) is 0 Å². The van der Waals surface area contributed by atoms with E-state index in [2.05, 4.69) is 4.99 Å². The zero-order valence-electron chi connectivity index (χ0n) is 5.46. The van der Waals surface area contributed by atoms with Gasteiger partial charge in [0.25, 0.3) is 0 Å². The van der Waals surface area contributed by atoms with Crippen LogP contribution < -0.4 is 0 Å². The van der Waals surface area contributed by atoms with Gasteiger partial charge in [-0.05, 0) is 13.8 Å². The Labute approximate surface area is 54.7 Å². The van der Waals surface area contributed by atoms with E-state index in [4.69, 9.17) is 0 Å². The third-order valence-electron chi connectivity index (χ3n) is 1.45. The highest BCUT2D eigenvalue weighted by atomic mass is 32.2. The maximum Gasteiger partial charge on any atom is 0.180 e. The molecule has 1 rings (SSSR count). The molecule has 1 heterocycles. The standard InChI is InChI=1S/C5H9NO2S/c1-5(2)3-6-4-9(5,7)8/h3H,4H2,1-2H3. The Kier molecular flexibility index (Phi) is 1.17. The summed E-state index contributed by atoms with van der Waals surface area (Å²) in [5, 5.41) is 0. The average molecular weight is 147 g/mol. The van der Waals surface area contributed by atoms with Crippen LogP contribution in [0.4, 0.5) is 0 Å². The highest BCUT2D eigenvalue weighted by Crippen LogP contribution is 2.19. The fourth-order valence-corrected chi connectivity index (χ4v) is 1.44. The quantitative estimate of drug-likeness (QED) is 0.492. The molecule has 0 N–H and O–H groups in total. The second kappa shape index (κ2) is 1.56. The van der Waals surface area contributed by atoms with Gasteiger partial charge in [0.1, 0.15) is 10.6 Å². The molecule has 0 amide bonds. The molecule has 0 saturated carbocycles. The summed E-state index contributed by atoms with van der Waals surface area (Å²) in [5.41, 5.74) is 0. The Balaban J connectivity index is 3.14. The van der Waals surface area contributed by atoms with Crippen molar-refractivity contribution in [2.45, 2.75) is 18.6 Å². The minimum Gasteiger partial charge on any atom is -0.280 e. The van der Waals surface area contributed by atoms with Gasteiger partial charge >= 0.3 is 0 Å². The monoisotopic (exact) mass is 147 g/mol. The maximum absolute atomic E-state index is 11.0. The van der Waals surface area contributed by atoms with Crippen LogP contribution in [0.2, 0.25) is 0 Å². The lowest BCUT2D eigenvalue weighted by atomic mass is 10.2. The molecule has 1 aliphatic rings. The van der Waals surface area contributed by atoms with E-state index in [1.165, 1.54) is 6.21 Å². The molecule has 0 fully saturated rings. The normalized spacial score (nSPS) is 28.7. The molecule has 0 aromatic carbocycles. The number of aliphatic imine (C=N–C) groups is 1. The van der Waals surface area contributed by atoms with Crippen molar-refractivity contribution in [3.63, 3.8) is 0 Å². The van der Waals surface area contributed by atoms with Crippen LogP contribution in [0.5, 0.6) is 0 Å². The third-order valence-corrected chi connectivity index (χ3v) is 3.65. The molecule has 0 radical (unpaired) electrons. The van der Waals surface area contributed by atoms with Crippen LogP contribution >= 0.6 is 0 Å². The summed E-state index contributed by atoms with van der Waals surface area (Å²) in [6, 6.07) is 0. The van der Waals surface area contributed by atoms with Gasteiger partial charge in [0.05, 0.1) is 0 Å². The van der Waals surface area contributed by atoms with E-state index in [0.29, 0.717) is 0 Å². The van der Waals surface area contributed by atoms with Crippen molar-refractivity contribution >= 4 is 16.1 Å². The Morgan fingerprint density at radius 2 is 2.11 bits per heavy atom. The molecule has 9 heavy (non-hydrogen) atoms. The van der Waals surface area contributed by atoms with Gasteiger partial charge in [0, 0.05) is 6.21 Å². The van der Waals surface area contributed by atoms with Gasteiger partial charge in [0.2, 0.25) is 0 Å². The Morgan fingerprint density at radius 3 is 2.22 bits per heavy atom. The fourth-order valence-electron chi connectivity index (χ4n) is 0.602.